The molecule has 0 saturated carbocycles. The smallest absolute Gasteiger partial charge is 0.299 e. The lowest BCUT2D eigenvalue weighted by Crippen LogP contribution is -2.36. The molecule has 1 unspecified atom stereocenters. The molecular weight excluding hydrogens is 216 g/mol. The molecule has 1 atom stereocenters. The fourth-order valence-corrected chi connectivity index (χ4v) is 2.15. The molecule has 2 rings (SSSR count). The van der Waals surface area contributed by atoms with Gasteiger partial charge in [0.2, 0.25) is 5.60 Å². The largest absolute Gasteiger partial charge is 0.443 e. The first-order chi connectivity index (χ1) is 8.04. The lowest BCUT2D eigenvalue weighted by Gasteiger charge is -2.28. The Bertz CT molecular complexity index is 454. The van der Waals surface area contributed by atoms with Crippen molar-refractivity contribution in [3.8, 4) is 0 Å². The van der Waals surface area contributed by atoms with Gasteiger partial charge in [-0.3, -0.25) is 4.79 Å². The average Bonchev–Trinajstić information content (AvgIpc) is 2.55. The van der Waals surface area contributed by atoms with Gasteiger partial charge in [-0.1, -0.05) is 44.2 Å². The van der Waals surface area contributed by atoms with Gasteiger partial charge < -0.3 is 10.5 Å². The number of carbonyl (C=O) groups is 1. The van der Waals surface area contributed by atoms with E-state index < -0.39 is 5.60 Å². The average molecular weight is 232 g/mol. The molecule has 0 aliphatic carbocycles. The molecule has 4 heteroatoms. The quantitative estimate of drug-likeness (QED) is 0.864. The minimum atomic E-state index is -1.03. The van der Waals surface area contributed by atoms with E-state index in [1.165, 1.54) is 0 Å². The van der Waals surface area contributed by atoms with Crippen LogP contribution in [-0.2, 0) is 15.1 Å². The van der Waals surface area contributed by atoms with Crippen LogP contribution in [0.3, 0.4) is 0 Å². The fraction of sp³-hybridized carbons (Fsp3) is 0.385. The summed E-state index contributed by atoms with van der Waals surface area (Å²) in [4.78, 5) is 15.8. The molecule has 0 fully saturated rings. The Balaban J connectivity index is 2.43. The Morgan fingerprint density at radius 2 is 2.00 bits per heavy atom. The molecule has 0 aromatic heterocycles. The summed E-state index contributed by atoms with van der Waals surface area (Å²) < 4.78 is 5.54. The number of benzene rings is 1. The molecule has 1 heterocycles. The molecule has 1 aromatic rings. The summed E-state index contributed by atoms with van der Waals surface area (Å²) in [6, 6.07) is 9.35. The van der Waals surface area contributed by atoms with Gasteiger partial charge in [0.05, 0.1) is 0 Å². The highest BCUT2D eigenvalue weighted by Gasteiger charge is 2.47. The van der Waals surface area contributed by atoms with Gasteiger partial charge in [-0.15, -0.1) is 0 Å². The molecule has 17 heavy (non-hydrogen) atoms. The molecule has 1 aliphatic heterocycles. The first-order valence-corrected chi connectivity index (χ1v) is 5.68. The van der Waals surface area contributed by atoms with Crippen LogP contribution in [0.5, 0.6) is 0 Å². The zero-order valence-electron chi connectivity index (χ0n) is 10.0. The number of hydrogen-bond acceptors (Lipinski definition) is 3. The van der Waals surface area contributed by atoms with Gasteiger partial charge in [-0.25, -0.2) is 0 Å². The molecule has 0 bridgehead atoms. The number of nitrogens with two attached hydrogens (primary N) is 1. The van der Waals surface area contributed by atoms with Crippen molar-refractivity contribution in [3.63, 3.8) is 0 Å². The SMILES string of the molecule is CC(C)CC1(c2ccccc2)OC(N)=NC1=O. The van der Waals surface area contributed by atoms with Gasteiger partial charge in [-0.05, 0) is 5.92 Å². The minimum absolute atomic E-state index is 0.0421. The first kappa shape index (κ1) is 11.6. The number of nitrogens with zero attached hydrogens (tertiary/aromatic N) is 1. The third-order valence-electron chi connectivity index (χ3n) is 2.77. The minimum Gasteiger partial charge on any atom is -0.443 e. The van der Waals surface area contributed by atoms with Crippen molar-refractivity contribution < 1.29 is 9.53 Å². The van der Waals surface area contributed by atoms with E-state index in [1.54, 1.807) is 0 Å². The summed E-state index contributed by atoms with van der Waals surface area (Å²) in [5.74, 6) is -0.00449. The molecule has 90 valence electrons. The molecule has 1 amide bonds. The van der Waals surface area contributed by atoms with E-state index >= 15 is 0 Å². The molecular formula is C13H16N2O2. The molecule has 1 aliphatic rings. The summed E-state index contributed by atoms with van der Waals surface area (Å²) in [7, 11) is 0. The zero-order valence-corrected chi connectivity index (χ0v) is 10.0. The van der Waals surface area contributed by atoms with Crippen molar-refractivity contribution >= 4 is 11.9 Å². The maximum absolute atomic E-state index is 12.1. The van der Waals surface area contributed by atoms with E-state index in [-0.39, 0.29) is 11.9 Å². The van der Waals surface area contributed by atoms with Gasteiger partial charge in [0.1, 0.15) is 0 Å². The monoisotopic (exact) mass is 232 g/mol. The number of amidine groups is 1. The highest BCUT2D eigenvalue weighted by molar-refractivity contribution is 6.01. The van der Waals surface area contributed by atoms with Gasteiger partial charge >= 0.3 is 0 Å². The molecule has 1 aromatic carbocycles. The summed E-state index contributed by atoms with van der Waals surface area (Å²) in [6.07, 6.45) is 0.569. The Labute approximate surface area is 100 Å². The van der Waals surface area contributed by atoms with Gasteiger partial charge in [0, 0.05) is 12.0 Å². The fourth-order valence-electron chi connectivity index (χ4n) is 2.15. The van der Waals surface area contributed by atoms with Crippen molar-refractivity contribution in [1.82, 2.24) is 0 Å². The maximum Gasteiger partial charge on any atom is 0.299 e. The normalized spacial score (nSPS) is 23.7. The van der Waals surface area contributed by atoms with Crippen LogP contribution in [0.4, 0.5) is 0 Å². The summed E-state index contributed by atoms with van der Waals surface area (Å²) in [6.45, 7) is 4.08. The van der Waals surface area contributed by atoms with Crippen LogP contribution in [0.1, 0.15) is 25.8 Å². The van der Waals surface area contributed by atoms with Crippen LogP contribution < -0.4 is 5.73 Å². The second kappa shape index (κ2) is 4.20. The number of rotatable bonds is 3. The van der Waals surface area contributed by atoms with Crippen molar-refractivity contribution in [3.05, 3.63) is 35.9 Å². The van der Waals surface area contributed by atoms with Crippen LogP contribution in [-0.4, -0.2) is 11.9 Å². The summed E-state index contributed by atoms with van der Waals surface area (Å²) in [5.41, 5.74) is 5.30. The molecule has 0 saturated heterocycles. The van der Waals surface area contributed by atoms with E-state index in [4.69, 9.17) is 10.5 Å². The van der Waals surface area contributed by atoms with Crippen LogP contribution in [0.25, 0.3) is 0 Å². The summed E-state index contributed by atoms with van der Waals surface area (Å²) >= 11 is 0. The van der Waals surface area contributed by atoms with Crippen LogP contribution in [0.15, 0.2) is 35.3 Å². The van der Waals surface area contributed by atoms with E-state index in [1.807, 2.05) is 44.2 Å². The van der Waals surface area contributed by atoms with Crippen LogP contribution in [0.2, 0.25) is 0 Å². The number of amides is 1. The predicted octanol–water partition coefficient (Wildman–Crippen LogP) is 1.80. The second-order valence-electron chi connectivity index (χ2n) is 4.65. The Kier molecular flexibility index (Phi) is 2.88. The maximum atomic E-state index is 12.1. The predicted molar refractivity (Wildman–Crippen MR) is 65.3 cm³/mol. The van der Waals surface area contributed by atoms with Crippen LogP contribution >= 0.6 is 0 Å². The van der Waals surface area contributed by atoms with Gasteiger partial charge in [-0.2, -0.15) is 4.99 Å². The Morgan fingerprint density at radius 3 is 2.47 bits per heavy atom. The van der Waals surface area contributed by atoms with Crippen molar-refractivity contribution in [2.24, 2.45) is 16.6 Å². The number of hydrogen-bond donors (Lipinski definition) is 1. The molecule has 2 N–H and O–H groups in total. The van der Waals surface area contributed by atoms with Crippen molar-refractivity contribution in [2.45, 2.75) is 25.9 Å². The lowest BCUT2D eigenvalue weighted by molar-refractivity contribution is -0.133. The zero-order chi connectivity index (χ0) is 12.5. The topological polar surface area (TPSA) is 64.7 Å². The second-order valence-corrected chi connectivity index (χ2v) is 4.65. The first-order valence-electron chi connectivity index (χ1n) is 5.68. The highest BCUT2D eigenvalue weighted by Crippen LogP contribution is 2.37. The van der Waals surface area contributed by atoms with Crippen molar-refractivity contribution in [2.75, 3.05) is 0 Å². The number of ether oxygens (including phenoxy) is 1. The van der Waals surface area contributed by atoms with E-state index in [2.05, 4.69) is 4.99 Å². The summed E-state index contributed by atoms with van der Waals surface area (Å²) in [5, 5.41) is 0. The number of aliphatic imine (C=N–C) groups is 1. The third kappa shape index (κ3) is 2.02. The Morgan fingerprint density at radius 1 is 1.35 bits per heavy atom. The van der Waals surface area contributed by atoms with E-state index in [9.17, 15) is 4.79 Å². The van der Waals surface area contributed by atoms with Gasteiger partial charge in [0.25, 0.3) is 11.9 Å². The van der Waals surface area contributed by atoms with Crippen LogP contribution in [0, 0.1) is 5.92 Å². The van der Waals surface area contributed by atoms with Crippen molar-refractivity contribution in [1.29, 1.82) is 0 Å². The molecule has 0 radical (unpaired) electrons. The standard InChI is InChI=1S/C13H16N2O2/c1-9(2)8-13(10-6-4-3-5-7-10)11(16)15-12(14)17-13/h3-7,9H,8H2,1-2H3,(H2,14,15,16). The van der Waals surface area contributed by atoms with Gasteiger partial charge in [0.15, 0.2) is 0 Å². The van der Waals surface area contributed by atoms with E-state index in [0.717, 1.165) is 5.56 Å². The third-order valence-corrected chi connectivity index (χ3v) is 2.77. The lowest BCUT2D eigenvalue weighted by atomic mass is 9.85. The number of carbonyl (C=O) groups excluding carboxylic acids is 1. The molecule has 4 nitrogen and oxygen atoms in total. The Hall–Kier alpha value is -1.84. The highest BCUT2D eigenvalue weighted by atomic mass is 16.5. The molecule has 0 spiro atoms. The van der Waals surface area contributed by atoms with E-state index in [0.29, 0.717) is 12.3 Å².